The van der Waals surface area contributed by atoms with Gasteiger partial charge in [-0.3, -0.25) is 5.43 Å². The molecule has 0 spiro atoms. The maximum absolute atomic E-state index is 8.08. The standard InChI is InChI=1S/C22H30Cl2N10/c23-15-5-9-18(10-6-15)30-20(26)14-17(25)4-2-1-3-13-29-34-33-22(28)32-21(27)31-19-11-7-16(24)8-12-19/h5-12,25,29,34H,1-4,13-14H2,(H2,26,30)(H5,27,28,31,32,33). The second kappa shape index (κ2) is 14.9. The Bertz CT molecular complexity index is 1000. The monoisotopic (exact) mass is 504 g/mol. The Morgan fingerprint density at radius 3 is 2.03 bits per heavy atom. The van der Waals surface area contributed by atoms with Gasteiger partial charge in [0.2, 0.25) is 11.9 Å². The molecule has 0 bridgehead atoms. The second-order valence-corrected chi connectivity index (χ2v) is 8.16. The van der Waals surface area contributed by atoms with E-state index in [0.29, 0.717) is 46.7 Å². The van der Waals surface area contributed by atoms with E-state index in [-0.39, 0.29) is 11.9 Å². The summed E-state index contributed by atoms with van der Waals surface area (Å²) in [5.41, 5.74) is 27.7. The summed E-state index contributed by atoms with van der Waals surface area (Å²) in [4.78, 5) is 12.4. The Balaban J connectivity index is 1.54. The number of guanidine groups is 2. The Morgan fingerprint density at radius 1 is 0.824 bits per heavy atom. The number of amidine groups is 1. The van der Waals surface area contributed by atoms with E-state index in [1.165, 1.54) is 0 Å². The van der Waals surface area contributed by atoms with Crippen LogP contribution in [0.5, 0.6) is 0 Å². The molecule has 0 aliphatic rings. The van der Waals surface area contributed by atoms with Crippen molar-refractivity contribution in [2.24, 2.45) is 32.2 Å². The summed E-state index contributed by atoms with van der Waals surface area (Å²) in [6, 6.07) is 14.0. The van der Waals surface area contributed by atoms with Gasteiger partial charge >= 0.3 is 0 Å². The molecule has 0 aliphatic carbocycles. The lowest BCUT2D eigenvalue weighted by Gasteiger charge is -2.09. The van der Waals surface area contributed by atoms with Gasteiger partial charge in [-0.25, -0.2) is 15.4 Å². The molecule has 10 N–H and O–H groups in total. The van der Waals surface area contributed by atoms with Crippen LogP contribution in [0.4, 0.5) is 11.4 Å². The second-order valence-electron chi connectivity index (χ2n) is 7.29. The van der Waals surface area contributed by atoms with Gasteiger partial charge in [-0.05, 0) is 67.8 Å². The molecule has 2 rings (SSSR count). The van der Waals surface area contributed by atoms with E-state index in [1.807, 2.05) is 0 Å². The SMILES string of the molecule is N=C(CCCCCNNNC(N)=NC(N)=Nc1ccc(Cl)cc1)CC(N)=Nc1ccc(Cl)cc1. The number of nitrogens with zero attached hydrogens (tertiary/aromatic N) is 3. The zero-order chi connectivity index (χ0) is 24.8. The highest BCUT2D eigenvalue weighted by molar-refractivity contribution is 6.30. The molecule has 0 amide bonds. The number of hydrogen-bond acceptors (Lipinski definition) is 5. The minimum atomic E-state index is 0.00965. The number of nitrogens with one attached hydrogen (secondary N) is 4. The van der Waals surface area contributed by atoms with Crippen LogP contribution in [0.2, 0.25) is 10.0 Å². The first-order chi connectivity index (χ1) is 16.3. The molecular weight excluding hydrogens is 475 g/mol. The summed E-state index contributed by atoms with van der Waals surface area (Å²) < 4.78 is 0. The highest BCUT2D eigenvalue weighted by atomic mass is 35.5. The van der Waals surface area contributed by atoms with E-state index in [0.717, 1.165) is 24.9 Å². The van der Waals surface area contributed by atoms with Crippen molar-refractivity contribution in [3.63, 3.8) is 0 Å². The third-order valence-electron chi connectivity index (χ3n) is 4.36. The van der Waals surface area contributed by atoms with Crippen LogP contribution in [0, 0.1) is 5.41 Å². The maximum Gasteiger partial charge on any atom is 0.223 e. The highest BCUT2D eigenvalue weighted by Gasteiger charge is 2.02. The lowest BCUT2D eigenvalue weighted by atomic mass is 10.1. The number of benzene rings is 2. The third-order valence-corrected chi connectivity index (χ3v) is 4.86. The summed E-state index contributed by atoms with van der Waals surface area (Å²) in [5.74, 6) is 0.492. The van der Waals surface area contributed by atoms with Crippen molar-refractivity contribution in [3.8, 4) is 0 Å². The largest absolute Gasteiger partial charge is 0.387 e. The molecule has 0 radical (unpaired) electrons. The first kappa shape index (κ1) is 27.1. The summed E-state index contributed by atoms with van der Waals surface area (Å²) in [6.07, 6.45) is 3.79. The normalized spacial score (nSPS) is 12.6. The van der Waals surface area contributed by atoms with Crippen molar-refractivity contribution in [2.45, 2.75) is 32.1 Å². The smallest absolute Gasteiger partial charge is 0.223 e. The molecule has 2 aromatic rings. The molecule has 2 aromatic carbocycles. The van der Waals surface area contributed by atoms with Gasteiger partial charge in [0.15, 0.2) is 0 Å². The van der Waals surface area contributed by atoms with Crippen molar-refractivity contribution in [1.82, 2.24) is 16.4 Å². The van der Waals surface area contributed by atoms with Crippen molar-refractivity contribution in [1.29, 1.82) is 5.41 Å². The Kier molecular flexibility index (Phi) is 11.8. The Labute approximate surface area is 209 Å². The van der Waals surface area contributed by atoms with E-state index < -0.39 is 0 Å². The molecular formula is C22H30Cl2N10. The van der Waals surface area contributed by atoms with E-state index >= 15 is 0 Å². The van der Waals surface area contributed by atoms with Crippen LogP contribution < -0.4 is 33.6 Å². The predicted molar refractivity (Wildman–Crippen MR) is 142 cm³/mol. The molecule has 10 nitrogen and oxygen atoms in total. The van der Waals surface area contributed by atoms with Crippen molar-refractivity contribution in [2.75, 3.05) is 6.54 Å². The highest BCUT2D eigenvalue weighted by Crippen LogP contribution is 2.17. The van der Waals surface area contributed by atoms with Gasteiger partial charge in [-0.2, -0.15) is 10.5 Å². The van der Waals surface area contributed by atoms with Crippen molar-refractivity contribution >= 4 is 58.0 Å². The molecule has 0 fully saturated rings. The van der Waals surface area contributed by atoms with Crippen LogP contribution in [0.1, 0.15) is 32.1 Å². The molecule has 0 aliphatic heterocycles. The van der Waals surface area contributed by atoms with E-state index in [4.69, 9.17) is 45.8 Å². The molecule has 0 unspecified atom stereocenters. The van der Waals surface area contributed by atoms with Gasteiger partial charge in [0.1, 0.15) is 5.84 Å². The van der Waals surface area contributed by atoms with Crippen LogP contribution in [0.3, 0.4) is 0 Å². The fourth-order valence-corrected chi connectivity index (χ4v) is 3.00. The average molecular weight is 505 g/mol. The fourth-order valence-electron chi connectivity index (χ4n) is 2.75. The van der Waals surface area contributed by atoms with Gasteiger partial charge < -0.3 is 22.6 Å². The number of halogens is 2. The van der Waals surface area contributed by atoms with E-state index in [1.54, 1.807) is 48.5 Å². The van der Waals surface area contributed by atoms with Gasteiger partial charge in [0, 0.05) is 28.7 Å². The van der Waals surface area contributed by atoms with Crippen LogP contribution in [-0.4, -0.2) is 30.0 Å². The molecule has 0 saturated heterocycles. The number of nitrogens with two attached hydrogens (primary N) is 3. The Hall–Kier alpha value is -3.18. The van der Waals surface area contributed by atoms with Gasteiger partial charge in [0.25, 0.3) is 0 Å². The lowest BCUT2D eigenvalue weighted by Crippen LogP contribution is -2.50. The maximum atomic E-state index is 8.08. The molecule has 0 heterocycles. The Morgan fingerprint density at radius 2 is 1.41 bits per heavy atom. The number of hydrazine groups is 2. The van der Waals surface area contributed by atoms with Crippen LogP contribution in [0.15, 0.2) is 63.5 Å². The first-order valence-electron chi connectivity index (χ1n) is 10.6. The lowest BCUT2D eigenvalue weighted by molar-refractivity contribution is 0.483. The first-order valence-corrected chi connectivity index (χ1v) is 11.4. The summed E-state index contributed by atoms with van der Waals surface area (Å²) >= 11 is 11.7. The summed E-state index contributed by atoms with van der Waals surface area (Å²) in [6.45, 7) is 0.697. The molecule has 0 saturated carbocycles. The van der Waals surface area contributed by atoms with Crippen molar-refractivity contribution in [3.05, 3.63) is 58.6 Å². The minimum Gasteiger partial charge on any atom is -0.387 e. The van der Waals surface area contributed by atoms with Crippen LogP contribution >= 0.6 is 23.2 Å². The van der Waals surface area contributed by atoms with Crippen molar-refractivity contribution < 1.29 is 0 Å². The summed E-state index contributed by atoms with van der Waals surface area (Å²) in [7, 11) is 0. The quantitative estimate of drug-likeness (QED) is 0.101. The minimum absolute atomic E-state index is 0.00965. The predicted octanol–water partition coefficient (Wildman–Crippen LogP) is 3.51. The van der Waals surface area contributed by atoms with Gasteiger partial charge in [0.05, 0.1) is 11.4 Å². The fraction of sp³-hybridized carbons (Fsp3) is 0.273. The third kappa shape index (κ3) is 11.6. The van der Waals surface area contributed by atoms with E-state index in [9.17, 15) is 0 Å². The van der Waals surface area contributed by atoms with Gasteiger partial charge in [-0.1, -0.05) is 29.6 Å². The number of unbranched alkanes of at least 4 members (excludes halogenated alkanes) is 2. The molecule has 12 heteroatoms. The topological polar surface area (TPSA) is 175 Å². The molecule has 182 valence electrons. The van der Waals surface area contributed by atoms with Crippen LogP contribution in [-0.2, 0) is 0 Å². The van der Waals surface area contributed by atoms with Crippen LogP contribution in [0.25, 0.3) is 0 Å². The van der Waals surface area contributed by atoms with Gasteiger partial charge in [-0.15, -0.1) is 0 Å². The molecule has 0 atom stereocenters. The average Bonchev–Trinajstić information content (AvgIpc) is 2.78. The van der Waals surface area contributed by atoms with E-state index in [2.05, 4.69) is 31.4 Å². The molecule has 34 heavy (non-hydrogen) atoms. The zero-order valence-electron chi connectivity index (χ0n) is 18.7. The number of rotatable bonds is 12. The zero-order valence-corrected chi connectivity index (χ0v) is 20.2. The number of aliphatic imine (C=N–C) groups is 3. The summed E-state index contributed by atoms with van der Waals surface area (Å²) in [5, 5.41) is 9.33. The number of hydrogen-bond donors (Lipinski definition) is 7. The molecule has 0 aromatic heterocycles.